The van der Waals surface area contributed by atoms with E-state index in [9.17, 15) is 24.5 Å². The van der Waals surface area contributed by atoms with E-state index in [0.29, 0.717) is 37.2 Å². The Morgan fingerprint density at radius 1 is 0.987 bits per heavy atom. The molecule has 3 aromatic rings. The first kappa shape index (κ1) is 64.2. The van der Waals surface area contributed by atoms with Crippen molar-refractivity contribution >= 4 is 23.4 Å². The van der Waals surface area contributed by atoms with Gasteiger partial charge < -0.3 is 63.0 Å². The van der Waals surface area contributed by atoms with Crippen LogP contribution < -0.4 is 0 Å². The van der Waals surface area contributed by atoms with Crippen molar-refractivity contribution in [3.8, 4) is 5.69 Å². The number of aromatic nitrogens is 6. The molecule has 0 bridgehead atoms. The van der Waals surface area contributed by atoms with Crippen molar-refractivity contribution in [1.82, 2.24) is 34.9 Å². The van der Waals surface area contributed by atoms with Crippen LogP contribution in [0.1, 0.15) is 118 Å². The Labute approximate surface area is 470 Å². The summed E-state index contributed by atoms with van der Waals surface area (Å²) in [5, 5.41) is 56.8. The Bertz CT molecular complexity index is 2390. The van der Waals surface area contributed by atoms with Gasteiger partial charge in [-0.3, -0.25) is 4.79 Å². The molecule has 0 radical (unpaired) electrons. The molecule has 0 spiro atoms. The van der Waals surface area contributed by atoms with Crippen LogP contribution in [0.3, 0.4) is 0 Å². The maximum Gasteiger partial charge on any atom is 0.311 e. The van der Waals surface area contributed by atoms with Gasteiger partial charge in [0, 0.05) is 77.1 Å². The molecule has 3 aliphatic rings. The Kier molecular flexibility index (Phi) is 23.0. The van der Waals surface area contributed by atoms with Gasteiger partial charge in [-0.1, -0.05) is 61.5 Å². The average molecular weight is 1130 g/mol. The van der Waals surface area contributed by atoms with Gasteiger partial charge in [-0.05, 0) is 84.9 Å². The summed E-state index contributed by atoms with van der Waals surface area (Å²) in [7, 11) is 6.68. The van der Waals surface area contributed by atoms with E-state index < -0.39 is 114 Å². The van der Waals surface area contributed by atoms with Gasteiger partial charge in [0.2, 0.25) is 0 Å². The van der Waals surface area contributed by atoms with E-state index in [4.69, 9.17) is 42.7 Å². The molecular weight excluding hydrogens is 1040 g/mol. The second-order valence-corrected chi connectivity index (χ2v) is 23.1. The lowest BCUT2D eigenvalue weighted by molar-refractivity contribution is -0.308. The Morgan fingerprint density at radius 2 is 1.71 bits per heavy atom. The number of thioether (sulfide) groups is 1. The number of methoxy groups -OCH3 is 3. The molecule has 79 heavy (non-hydrogen) atoms. The second-order valence-electron chi connectivity index (χ2n) is 22.3. The largest absolute Gasteiger partial charge is 0.459 e. The molecule has 0 amide bonds. The van der Waals surface area contributed by atoms with Crippen LogP contribution in [0, 0.1) is 23.7 Å². The number of nitrogens with zero attached hydrogens (tertiary/aromatic N) is 8. The molecule has 3 fully saturated rings. The number of aliphatic hydroxyl groups is 3. The summed E-state index contributed by atoms with van der Waals surface area (Å²) >= 11 is 1.43. The van der Waals surface area contributed by atoms with E-state index >= 15 is 0 Å². The standard InChI is InChI=1S/C56H89FN8O13S/c1-16-44-55(10,69)50(66)35(5)47(60-73-32-79-15)33(3)28-56(17-2,72-14)52(36(6)48(37(7)53(68)76-44)77-46-29-54(9,71-13)51(67)38(8)75-46)78-45-27-42(26-34(4)74-45)63(11)24-22-40-31-65(62-59-40)43(30-57)49(70-12)39-18-20-41(21-19-39)64-25-23-58-61-64/h17-21,23,25,31,33-38,42-46,48-52,66-67,69H,2,16,22,24,26-30,32H2,1,3-15H3/b60-47-/t33-,34-,35+,36+,37-,38+,42+,43-,44-,45+,46?,48+,49-,50-,51+,52-,54-,55-,56-/m1/s1. The van der Waals surface area contributed by atoms with Gasteiger partial charge >= 0.3 is 5.97 Å². The molecule has 3 saturated heterocycles. The summed E-state index contributed by atoms with van der Waals surface area (Å²) in [5.74, 6) is -3.51. The maximum atomic E-state index is 14.9. The maximum absolute atomic E-state index is 14.9. The van der Waals surface area contributed by atoms with Gasteiger partial charge in [0.15, 0.2) is 18.5 Å². The summed E-state index contributed by atoms with van der Waals surface area (Å²) in [4.78, 5) is 22.8. The first-order valence-corrected chi connectivity index (χ1v) is 28.9. The highest BCUT2D eigenvalue weighted by Crippen LogP contribution is 2.43. The first-order chi connectivity index (χ1) is 37.5. The van der Waals surface area contributed by atoms with Gasteiger partial charge in [-0.25, -0.2) is 13.8 Å². The van der Waals surface area contributed by atoms with Gasteiger partial charge in [-0.15, -0.1) is 28.5 Å². The van der Waals surface area contributed by atoms with Gasteiger partial charge in [0.25, 0.3) is 0 Å². The average Bonchev–Trinajstić information content (AvgIpc) is 4.19. The fourth-order valence-electron chi connectivity index (χ4n) is 11.9. The number of hydrogen-bond acceptors (Lipinski definition) is 20. The third-order valence-electron chi connectivity index (χ3n) is 16.8. The Hall–Kier alpha value is -3.98. The minimum absolute atomic E-state index is 0.0428. The van der Waals surface area contributed by atoms with Crippen LogP contribution in [0.2, 0.25) is 0 Å². The minimum atomic E-state index is -1.94. The third kappa shape index (κ3) is 14.8. The van der Waals surface area contributed by atoms with Gasteiger partial charge in [-0.2, -0.15) is 0 Å². The molecule has 6 rings (SSSR count). The van der Waals surface area contributed by atoms with Crippen LogP contribution in [0.5, 0.6) is 0 Å². The minimum Gasteiger partial charge on any atom is -0.459 e. The number of carbonyl (C=O) groups is 1. The van der Waals surface area contributed by atoms with Crippen LogP contribution in [0.15, 0.2) is 60.7 Å². The number of carbonyl (C=O) groups excluding carboxylic acids is 1. The molecule has 2 aromatic heterocycles. The number of aliphatic hydroxyl groups excluding tert-OH is 2. The van der Waals surface area contributed by atoms with Crippen molar-refractivity contribution in [2.24, 2.45) is 28.8 Å². The number of oxime groups is 1. The summed E-state index contributed by atoms with van der Waals surface area (Å²) in [6, 6.07) is 6.68. The summed E-state index contributed by atoms with van der Waals surface area (Å²) in [5.41, 5.74) is -1.66. The lowest BCUT2D eigenvalue weighted by atomic mass is 9.73. The lowest BCUT2D eigenvalue weighted by Crippen LogP contribution is -2.60. The predicted molar refractivity (Wildman–Crippen MR) is 295 cm³/mol. The van der Waals surface area contributed by atoms with Crippen molar-refractivity contribution in [3.63, 3.8) is 0 Å². The molecule has 5 heterocycles. The third-order valence-corrected chi connectivity index (χ3v) is 17.1. The number of ether oxygens (including phenoxy) is 8. The Morgan fingerprint density at radius 3 is 2.32 bits per heavy atom. The normalized spacial score (nSPS) is 36.6. The van der Waals surface area contributed by atoms with Crippen molar-refractivity contribution in [3.05, 3.63) is 66.8 Å². The number of esters is 1. The van der Waals surface area contributed by atoms with Crippen LogP contribution in [0.4, 0.5) is 4.39 Å². The van der Waals surface area contributed by atoms with E-state index in [-0.39, 0.29) is 37.3 Å². The van der Waals surface area contributed by atoms with Crippen molar-refractivity contribution < 1.29 is 67.2 Å². The highest BCUT2D eigenvalue weighted by molar-refractivity contribution is 7.98. The zero-order valence-corrected chi connectivity index (χ0v) is 49.5. The lowest BCUT2D eigenvalue weighted by Gasteiger charge is -2.49. The highest BCUT2D eigenvalue weighted by atomic mass is 32.2. The molecule has 1 aromatic carbocycles. The SMILES string of the molecule is C=C[C@@]1(OC)C[C@@H](C)/C(=N/OCSC)[C@H](C)[C@@H](O)[C@](C)(O)[C@@H](CC)OC(=O)[C@H](C)[C@@H](OC2C[C@@](C)(OC)[C@@H](O)[C@H](C)O2)[C@H](C)[C@H]1O[C@H]1C[C@@H](N(C)CCc2cn([C@H](CF)[C@H](OC)c3ccc(-n4ccnn4)cc3)nn2)C[C@@H](C)O1. The highest BCUT2D eigenvalue weighted by Gasteiger charge is 2.54. The van der Waals surface area contributed by atoms with Crippen LogP contribution in [0.25, 0.3) is 5.69 Å². The predicted octanol–water partition coefficient (Wildman–Crippen LogP) is 6.44. The van der Waals surface area contributed by atoms with Gasteiger partial charge in [0.05, 0.1) is 71.5 Å². The van der Waals surface area contributed by atoms with Crippen molar-refractivity contribution in [2.45, 2.75) is 191 Å². The number of alkyl halides is 1. The summed E-state index contributed by atoms with van der Waals surface area (Å²) < 4.78 is 70.0. The van der Waals surface area contributed by atoms with Crippen molar-refractivity contribution in [2.75, 3.05) is 53.8 Å². The topological polar surface area (TPSA) is 238 Å². The van der Waals surface area contributed by atoms with E-state index in [0.717, 1.165) is 11.3 Å². The first-order valence-electron chi connectivity index (χ1n) is 27.5. The monoisotopic (exact) mass is 1130 g/mol. The fraction of sp³-hybridized carbons (Fsp3) is 0.750. The number of benzene rings is 1. The number of cyclic esters (lactones) is 1. The smallest absolute Gasteiger partial charge is 0.311 e. The molecular formula is C56H89FN8O13S. The number of likely N-dealkylation sites (N-methyl/N-ethyl adjacent to an activating group) is 1. The molecule has 1 unspecified atom stereocenters. The molecule has 19 atom stereocenters. The molecule has 3 N–H and O–H groups in total. The van der Waals surface area contributed by atoms with E-state index in [1.165, 1.54) is 30.5 Å². The van der Waals surface area contributed by atoms with Gasteiger partial charge in [0.1, 0.15) is 42.2 Å². The summed E-state index contributed by atoms with van der Waals surface area (Å²) in [6.45, 7) is 20.3. The van der Waals surface area contributed by atoms with Crippen molar-refractivity contribution in [1.29, 1.82) is 0 Å². The molecule has 444 valence electrons. The molecule has 3 aliphatic heterocycles. The fourth-order valence-corrected chi connectivity index (χ4v) is 12.0. The zero-order chi connectivity index (χ0) is 58.0. The van der Waals surface area contributed by atoms with Crippen LogP contribution in [-0.4, -0.2) is 194 Å². The molecule has 21 nitrogen and oxygen atoms in total. The van der Waals surface area contributed by atoms with E-state index in [2.05, 4.69) is 37.3 Å². The molecule has 0 aliphatic carbocycles. The molecule has 23 heteroatoms. The second kappa shape index (κ2) is 28.3. The zero-order valence-electron chi connectivity index (χ0n) is 48.7. The quantitative estimate of drug-likeness (QED) is 0.0342. The van der Waals surface area contributed by atoms with Crippen LogP contribution in [-0.2, 0) is 53.9 Å². The molecule has 0 saturated carbocycles. The number of hydrogen-bond donors (Lipinski definition) is 3. The summed E-state index contributed by atoms with van der Waals surface area (Å²) in [6.07, 6.45) is 1.82. The van der Waals surface area contributed by atoms with E-state index in [1.807, 2.05) is 58.3 Å². The van der Waals surface area contributed by atoms with E-state index in [1.54, 1.807) is 78.2 Å². The Balaban J connectivity index is 1.31. The number of rotatable bonds is 21. The number of halogens is 1. The van der Waals surface area contributed by atoms with Crippen LogP contribution >= 0.6 is 11.8 Å².